The Labute approximate surface area is 207 Å². The highest BCUT2D eigenvalue weighted by Crippen LogP contribution is 2.44. The number of H-pyrrole nitrogens is 1. The lowest BCUT2D eigenvalue weighted by molar-refractivity contribution is -0.111. The molecule has 0 unspecified atom stereocenters. The fourth-order valence-electron chi connectivity index (χ4n) is 4.22. The van der Waals surface area contributed by atoms with Gasteiger partial charge in [-0.3, -0.25) is 14.2 Å². The molecule has 4 aromatic heterocycles. The minimum Gasteiger partial charge on any atom is -0.339 e. The molecule has 5 rings (SSSR count). The second-order valence-corrected chi connectivity index (χ2v) is 8.86. The Kier molecular flexibility index (Phi) is 5.53. The normalized spacial score (nSPS) is 11.2. The first kappa shape index (κ1) is 22.6. The minimum absolute atomic E-state index is 0.273. The van der Waals surface area contributed by atoms with Gasteiger partial charge in [0.25, 0.3) is 0 Å². The number of hydrogen-bond donors (Lipinski definition) is 2. The molecule has 1 amide bonds. The first-order valence-corrected chi connectivity index (χ1v) is 11.4. The van der Waals surface area contributed by atoms with Gasteiger partial charge in [-0.25, -0.2) is 4.98 Å². The van der Waals surface area contributed by atoms with Gasteiger partial charge in [0.2, 0.25) is 5.91 Å². The van der Waals surface area contributed by atoms with Gasteiger partial charge < -0.3 is 10.3 Å². The molecule has 1 aromatic carbocycles. The number of pyridine rings is 1. The molecule has 2 N–H and O–H groups in total. The van der Waals surface area contributed by atoms with Gasteiger partial charge in [0.05, 0.1) is 23.1 Å². The molecular weight excluding hydrogens is 462 g/mol. The molecule has 0 spiro atoms. The number of hydrogen-bond acceptors (Lipinski definition) is 4. The lowest BCUT2D eigenvalue weighted by Gasteiger charge is -2.12. The fourth-order valence-corrected chi connectivity index (χ4v) is 4.55. The van der Waals surface area contributed by atoms with E-state index in [1.807, 2.05) is 57.0 Å². The van der Waals surface area contributed by atoms with Gasteiger partial charge in [0.15, 0.2) is 0 Å². The zero-order valence-corrected chi connectivity index (χ0v) is 20.6. The highest BCUT2D eigenvalue weighted by Gasteiger charge is 2.23. The summed E-state index contributed by atoms with van der Waals surface area (Å²) in [5.41, 5.74) is 8.49. The summed E-state index contributed by atoms with van der Waals surface area (Å²) in [5.74, 6) is -0.273. The van der Waals surface area contributed by atoms with Crippen molar-refractivity contribution in [3.8, 4) is 33.5 Å². The number of carbonyl (C=O) groups is 1. The van der Waals surface area contributed by atoms with Crippen LogP contribution in [0, 0.1) is 13.8 Å². The van der Waals surface area contributed by atoms with Gasteiger partial charge in [-0.05, 0) is 37.1 Å². The van der Waals surface area contributed by atoms with E-state index in [1.165, 1.54) is 6.08 Å². The number of amides is 1. The average molecular weight is 486 g/mol. The van der Waals surface area contributed by atoms with E-state index in [9.17, 15) is 4.79 Å². The monoisotopic (exact) mass is 485 g/mol. The molecule has 0 fully saturated rings. The molecule has 0 saturated carbocycles. The van der Waals surface area contributed by atoms with E-state index in [4.69, 9.17) is 16.6 Å². The molecule has 0 saturated heterocycles. The maximum absolute atomic E-state index is 12.0. The maximum atomic E-state index is 12.0. The summed E-state index contributed by atoms with van der Waals surface area (Å²) < 4.78 is 3.55. The van der Waals surface area contributed by atoms with Gasteiger partial charge in [-0.15, -0.1) is 0 Å². The Morgan fingerprint density at radius 3 is 2.57 bits per heavy atom. The van der Waals surface area contributed by atoms with Crippen molar-refractivity contribution in [2.75, 3.05) is 5.32 Å². The highest BCUT2D eigenvalue weighted by molar-refractivity contribution is 6.39. The van der Waals surface area contributed by atoms with E-state index in [2.05, 4.69) is 27.1 Å². The molecule has 8 nitrogen and oxygen atoms in total. The first-order valence-electron chi connectivity index (χ1n) is 11.0. The molecule has 0 aliphatic heterocycles. The topological polar surface area (TPSA) is 93.4 Å². The maximum Gasteiger partial charge on any atom is 0.247 e. The molecule has 35 heavy (non-hydrogen) atoms. The Morgan fingerprint density at radius 2 is 1.91 bits per heavy atom. The van der Waals surface area contributed by atoms with Gasteiger partial charge >= 0.3 is 0 Å². The average Bonchev–Trinajstić information content (AvgIpc) is 3.53. The summed E-state index contributed by atoms with van der Waals surface area (Å²) in [6.07, 6.45) is 8.55. The van der Waals surface area contributed by atoms with Crippen LogP contribution in [0.1, 0.15) is 11.3 Å². The standard InChI is InChI=1S/C26H24ClN7O/c1-6-21(35)31-20-9-16(8-7-14(20)2)22-23-24(27)19(18-12-30-34(5)15(18)3)11-28-26(23)32-25(22)17-10-29-33(4)13-17/h6-13H,1H2,2-5H3,(H,28,32)(H,31,35). The van der Waals surface area contributed by atoms with Crippen molar-refractivity contribution in [1.82, 2.24) is 29.5 Å². The number of nitrogens with one attached hydrogen (secondary N) is 2. The van der Waals surface area contributed by atoms with Gasteiger partial charge in [0, 0.05) is 65.5 Å². The number of benzene rings is 1. The molecule has 176 valence electrons. The lowest BCUT2D eigenvalue weighted by atomic mass is 9.97. The molecule has 0 radical (unpaired) electrons. The first-order chi connectivity index (χ1) is 16.8. The Hall–Kier alpha value is -4.17. The van der Waals surface area contributed by atoms with Gasteiger partial charge in [-0.1, -0.05) is 30.3 Å². The number of rotatable bonds is 5. The fraction of sp³-hybridized carbons (Fsp3) is 0.154. The van der Waals surface area contributed by atoms with Crippen LogP contribution in [-0.2, 0) is 18.9 Å². The lowest BCUT2D eigenvalue weighted by Crippen LogP contribution is -2.08. The van der Waals surface area contributed by atoms with Crippen molar-refractivity contribution < 1.29 is 4.79 Å². The van der Waals surface area contributed by atoms with Crippen LogP contribution >= 0.6 is 11.6 Å². The SMILES string of the molecule is C=CC(=O)Nc1cc(-c2c(-c3cnn(C)c3)[nH]c3ncc(-c4cnn(C)c4C)c(Cl)c23)ccc1C. The third-order valence-corrected chi connectivity index (χ3v) is 6.64. The van der Waals surface area contributed by atoms with Crippen LogP contribution in [-0.4, -0.2) is 35.4 Å². The minimum atomic E-state index is -0.273. The van der Waals surface area contributed by atoms with E-state index in [0.29, 0.717) is 16.4 Å². The van der Waals surface area contributed by atoms with Crippen LogP contribution in [0.4, 0.5) is 5.69 Å². The van der Waals surface area contributed by atoms with Crippen LogP contribution < -0.4 is 5.32 Å². The predicted octanol–water partition coefficient (Wildman–Crippen LogP) is 5.43. The van der Waals surface area contributed by atoms with Crippen LogP contribution in [0.25, 0.3) is 44.5 Å². The van der Waals surface area contributed by atoms with Crippen molar-refractivity contribution in [1.29, 1.82) is 0 Å². The Balaban J connectivity index is 1.81. The number of aryl methyl sites for hydroxylation is 3. The number of carbonyl (C=O) groups excluding carboxylic acids is 1. The smallest absolute Gasteiger partial charge is 0.247 e. The van der Waals surface area contributed by atoms with E-state index < -0.39 is 0 Å². The van der Waals surface area contributed by atoms with Crippen molar-refractivity contribution in [2.24, 2.45) is 14.1 Å². The summed E-state index contributed by atoms with van der Waals surface area (Å²) in [6, 6.07) is 5.92. The summed E-state index contributed by atoms with van der Waals surface area (Å²) in [5, 5.41) is 13.0. The largest absolute Gasteiger partial charge is 0.339 e. The molecule has 5 aromatic rings. The number of aromatic amines is 1. The number of anilines is 1. The number of fused-ring (bicyclic) bond motifs is 1. The molecule has 0 aliphatic rings. The van der Waals surface area contributed by atoms with Gasteiger partial charge in [0.1, 0.15) is 5.65 Å². The highest BCUT2D eigenvalue weighted by atomic mass is 35.5. The Morgan fingerprint density at radius 1 is 1.11 bits per heavy atom. The number of halogens is 1. The van der Waals surface area contributed by atoms with Crippen molar-refractivity contribution in [3.63, 3.8) is 0 Å². The summed E-state index contributed by atoms with van der Waals surface area (Å²) in [6.45, 7) is 7.49. The number of nitrogens with zero attached hydrogens (tertiary/aromatic N) is 5. The van der Waals surface area contributed by atoms with Crippen LogP contribution in [0.3, 0.4) is 0 Å². The second-order valence-electron chi connectivity index (χ2n) is 8.48. The summed E-state index contributed by atoms with van der Waals surface area (Å²) in [7, 11) is 3.77. The molecule has 0 aliphatic carbocycles. The van der Waals surface area contributed by atoms with Crippen molar-refractivity contribution >= 4 is 34.2 Å². The van der Waals surface area contributed by atoms with E-state index >= 15 is 0 Å². The van der Waals surface area contributed by atoms with Crippen LogP contribution in [0.15, 0.2) is 55.6 Å². The van der Waals surface area contributed by atoms with Crippen LogP contribution in [0.2, 0.25) is 5.02 Å². The van der Waals surface area contributed by atoms with Gasteiger partial charge in [-0.2, -0.15) is 10.2 Å². The third-order valence-electron chi connectivity index (χ3n) is 6.25. The second kappa shape index (κ2) is 8.56. The molecule has 9 heteroatoms. The zero-order chi connectivity index (χ0) is 24.9. The summed E-state index contributed by atoms with van der Waals surface area (Å²) in [4.78, 5) is 20.2. The molecular formula is C26H24ClN7O. The Bertz CT molecular complexity index is 1620. The van der Waals surface area contributed by atoms with Crippen molar-refractivity contribution in [2.45, 2.75) is 13.8 Å². The van der Waals surface area contributed by atoms with E-state index in [0.717, 1.165) is 50.2 Å². The van der Waals surface area contributed by atoms with E-state index in [-0.39, 0.29) is 5.91 Å². The predicted molar refractivity (Wildman–Crippen MR) is 139 cm³/mol. The van der Waals surface area contributed by atoms with Crippen molar-refractivity contribution in [3.05, 3.63) is 71.9 Å². The molecule has 0 bridgehead atoms. The summed E-state index contributed by atoms with van der Waals surface area (Å²) >= 11 is 7.10. The zero-order valence-electron chi connectivity index (χ0n) is 19.8. The quantitative estimate of drug-likeness (QED) is 0.325. The third kappa shape index (κ3) is 3.81. The van der Waals surface area contributed by atoms with E-state index in [1.54, 1.807) is 23.3 Å². The molecule has 0 atom stereocenters. The number of aromatic nitrogens is 6. The van der Waals surface area contributed by atoms with Crippen LogP contribution in [0.5, 0.6) is 0 Å². The molecule has 4 heterocycles.